The highest BCUT2D eigenvalue weighted by Gasteiger charge is 2.32. The lowest BCUT2D eigenvalue weighted by Crippen LogP contribution is -2.31. The number of hydrogen-bond donors (Lipinski definition) is 0. The molecule has 5 heteroatoms. The second-order valence-corrected chi connectivity index (χ2v) is 8.16. The fourth-order valence-electron chi connectivity index (χ4n) is 4.34. The van der Waals surface area contributed by atoms with E-state index in [2.05, 4.69) is 48.7 Å². The lowest BCUT2D eigenvalue weighted by Gasteiger charge is -2.25. The molecule has 3 aromatic rings. The van der Waals surface area contributed by atoms with Crippen LogP contribution in [0.2, 0.25) is 0 Å². The summed E-state index contributed by atoms with van der Waals surface area (Å²) in [6.07, 6.45) is 3.44. The normalized spacial score (nSPS) is 16.4. The van der Waals surface area contributed by atoms with Crippen LogP contribution in [0.5, 0.6) is 5.75 Å². The van der Waals surface area contributed by atoms with Crippen molar-refractivity contribution in [2.24, 2.45) is 0 Å². The topological polar surface area (TPSA) is 47.4 Å². The number of aromatic nitrogens is 2. The Hall–Kier alpha value is -2.82. The predicted molar refractivity (Wildman–Crippen MR) is 120 cm³/mol. The molecule has 1 amide bonds. The van der Waals surface area contributed by atoms with Crippen molar-refractivity contribution in [2.45, 2.75) is 59.0 Å². The molecule has 1 aliphatic rings. The molecule has 1 aliphatic heterocycles. The third kappa shape index (κ3) is 4.07. The number of amides is 1. The van der Waals surface area contributed by atoms with Crippen molar-refractivity contribution in [1.82, 2.24) is 14.5 Å². The van der Waals surface area contributed by atoms with Crippen LogP contribution < -0.4 is 4.74 Å². The second-order valence-electron chi connectivity index (χ2n) is 8.16. The summed E-state index contributed by atoms with van der Waals surface area (Å²) >= 11 is 0. The maximum absolute atomic E-state index is 12.5. The summed E-state index contributed by atoms with van der Waals surface area (Å²) < 4.78 is 8.29. The molecule has 1 saturated heterocycles. The Morgan fingerprint density at radius 2 is 2.00 bits per heavy atom. The number of aryl methyl sites for hydroxylation is 3. The van der Waals surface area contributed by atoms with Gasteiger partial charge in [0.05, 0.1) is 23.7 Å². The van der Waals surface area contributed by atoms with Crippen molar-refractivity contribution in [3.8, 4) is 5.75 Å². The van der Waals surface area contributed by atoms with E-state index in [-0.39, 0.29) is 11.9 Å². The average Bonchev–Trinajstić information content (AvgIpc) is 3.38. The van der Waals surface area contributed by atoms with Crippen molar-refractivity contribution in [3.63, 3.8) is 0 Å². The van der Waals surface area contributed by atoms with E-state index in [1.165, 1.54) is 11.1 Å². The fraction of sp³-hybridized carbons (Fsp3) is 0.440. The molecule has 0 bridgehead atoms. The van der Waals surface area contributed by atoms with E-state index in [0.29, 0.717) is 13.0 Å². The second kappa shape index (κ2) is 8.90. The third-order valence-corrected chi connectivity index (χ3v) is 6.13. The first-order valence-electron chi connectivity index (χ1n) is 11.0. The van der Waals surface area contributed by atoms with E-state index in [9.17, 15) is 4.79 Å². The number of fused-ring (bicyclic) bond motifs is 1. The van der Waals surface area contributed by atoms with E-state index in [1.807, 2.05) is 24.0 Å². The van der Waals surface area contributed by atoms with Crippen LogP contribution in [0.3, 0.4) is 0 Å². The van der Waals surface area contributed by atoms with E-state index in [0.717, 1.165) is 55.0 Å². The minimum Gasteiger partial charge on any atom is -0.494 e. The number of hydrogen-bond acceptors (Lipinski definition) is 3. The van der Waals surface area contributed by atoms with E-state index in [4.69, 9.17) is 9.72 Å². The van der Waals surface area contributed by atoms with Gasteiger partial charge in [-0.15, -0.1) is 0 Å². The molecule has 30 heavy (non-hydrogen) atoms. The van der Waals surface area contributed by atoms with Gasteiger partial charge in [0, 0.05) is 19.5 Å². The van der Waals surface area contributed by atoms with Crippen LogP contribution in [0.25, 0.3) is 11.0 Å². The molecule has 0 aliphatic carbocycles. The van der Waals surface area contributed by atoms with Gasteiger partial charge < -0.3 is 14.2 Å². The van der Waals surface area contributed by atoms with E-state index < -0.39 is 0 Å². The zero-order valence-electron chi connectivity index (χ0n) is 18.2. The number of ether oxygens (including phenoxy) is 1. The minimum absolute atomic E-state index is 0.0746. The largest absolute Gasteiger partial charge is 0.494 e. The molecule has 158 valence electrons. The lowest BCUT2D eigenvalue weighted by atomic mass is 10.1. The van der Waals surface area contributed by atoms with Gasteiger partial charge in [-0.3, -0.25) is 4.79 Å². The standard InChI is InChI=1S/C25H31N3O2/c1-4-24(29)27-14-7-11-23(27)25-26-21-9-5-6-10-22(21)28(25)15-8-16-30-20-13-12-18(2)19(3)17-20/h5-6,9-10,12-13,17,23H,4,7-8,11,14-16H2,1-3H3/t23-/m0/s1. The molecule has 2 heterocycles. The lowest BCUT2D eigenvalue weighted by molar-refractivity contribution is -0.131. The summed E-state index contributed by atoms with van der Waals surface area (Å²) in [6.45, 7) is 8.46. The monoisotopic (exact) mass is 405 g/mol. The third-order valence-electron chi connectivity index (χ3n) is 6.13. The van der Waals surface area contributed by atoms with Crippen molar-refractivity contribution in [3.05, 3.63) is 59.4 Å². The maximum Gasteiger partial charge on any atom is 0.222 e. The van der Waals surface area contributed by atoms with Crippen molar-refractivity contribution >= 4 is 16.9 Å². The van der Waals surface area contributed by atoms with Crippen molar-refractivity contribution in [1.29, 1.82) is 0 Å². The quantitative estimate of drug-likeness (QED) is 0.508. The predicted octanol–water partition coefficient (Wildman–Crippen LogP) is 5.20. The molecule has 0 unspecified atom stereocenters. The Morgan fingerprint density at radius 1 is 1.17 bits per heavy atom. The zero-order valence-corrected chi connectivity index (χ0v) is 18.2. The highest BCUT2D eigenvalue weighted by atomic mass is 16.5. The first-order chi connectivity index (χ1) is 14.6. The molecule has 1 fully saturated rings. The molecule has 5 nitrogen and oxygen atoms in total. The highest BCUT2D eigenvalue weighted by Crippen LogP contribution is 2.34. The minimum atomic E-state index is 0.0746. The molecule has 0 N–H and O–H groups in total. The van der Waals surface area contributed by atoms with Gasteiger partial charge in [0.1, 0.15) is 11.6 Å². The smallest absolute Gasteiger partial charge is 0.222 e. The number of imidazole rings is 1. The number of rotatable bonds is 7. The molecular weight excluding hydrogens is 374 g/mol. The number of benzene rings is 2. The molecular formula is C25H31N3O2. The Kier molecular flexibility index (Phi) is 6.07. The van der Waals surface area contributed by atoms with Gasteiger partial charge in [0.15, 0.2) is 0 Å². The Labute approximate surface area is 178 Å². The summed E-state index contributed by atoms with van der Waals surface area (Å²) in [5.41, 5.74) is 4.66. The Balaban J connectivity index is 1.52. The van der Waals surface area contributed by atoms with E-state index in [1.54, 1.807) is 0 Å². The molecule has 0 radical (unpaired) electrons. The van der Waals surface area contributed by atoms with Crippen LogP contribution in [0.15, 0.2) is 42.5 Å². The molecule has 1 atom stereocenters. The summed E-state index contributed by atoms with van der Waals surface area (Å²) in [7, 11) is 0. The zero-order chi connectivity index (χ0) is 21.1. The van der Waals surface area contributed by atoms with Gasteiger partial charge in [-0.2, -0.15) is 0 Å². The number of carbonyl (C=O) groups excluding carboxylic acids is 1. The summed E-state index contributed by atoms with van der Waals surface area (Å²) in [6, 6.07) is 14.6. The number of likely N-dealkylation sites (tertiary alicyclic amines) is 1. The van der Waals surface area contributed by atoms with Gasteiger partial charge in [0.2, 0.25) is 5.91 Å². The summed E-state index contributed by atoms with van der Waals surface area (Å²) in [5, 5.41) is 0. The summed E-state index contributed by atoms with van der Waals surface area (Å²) in [4.78, 5) is 19.4. The molecule has 0 saturated carbocycles. The maximum atomic E-state index is 12.5. The van der Waals surface area contributed by atoms with E-state index >= 15 is 0 Å². The summed E-state index contributed by atoms with van der Waals surface area (Å²) in [5.74, 6) is 2.15. The first-order valence-corrected chi connectivity index (χ1v) is 11.0. The van der Waals surface area contributed by atoms with Gasteiger partial charge in [-0.25, -0.2) is 4.98 Å². The molecule has 1 aromatic heterocycles. The Morgan fingerprint density at radius 3 is 2.80 bits per heavy atom. The van der Waals surface area contributed by atoms with Crippen LogP contribution in [-0.2, 0) is 11.3 Å². The van der Waals surface area contributed by atoms with Gasteiger partial charge in [0.25, 0.3) is 0 Å². The van der Waals surface area contributed by atoms with Gasteiger partial charge >= 0.3 is 0 Å². The van der Waals surface area contributed by atoms with Crippen molar-refractivity contribution < 1.29 is 9.53 Å². The molecule has 2 aromatic carbocycles. The van der Waals surface area contributed by atoms with Crippen LogP contribution in [0.4, 0.5) is 0 Å². The fourth-order valence-corrected chi connectivity index (χ4v) is 4.34. The van der Waals surface area contributed by atoms with Crippen LogP contribution in [-0.4, -0.2) is 33.5 Å². The van der Waals surface area contributed by atoms with Gasteiger partial charge in [-0.1, -0.05) is 25.1 Å². The SMILES string of the molecule is CCC(=O)N1CCC[C@H]1c1nc2ccccc2n1CCCOc1ccc(C)c(C)c1. The average molecular weight is 406 g/mol. The van der Waals surface area contributed by atoms with Crippen molar-refractivity contribution in [2.75, 3.05) is 13.2 Å². The molecule has 0 spiro atoms. The van der Waals surface area contributed by atoms with Crippen LogP contribution in [0.1, 0.15) is 55.6 Å². The highest BCUT2D eigenvalue weighted by molar-refractivity contribution is 5.78. The van der Waals surface area contributed by atoms with Crippen LogP contribution in [0, 0.1) is 13.8 Å². The van der Waals surface area contributed by atoms with Crippen LogP contribution >= 0.6 is 0 Å². The number of para-hydroxylation sites is 2. The number of carbonyl (C=O) groups is 1. The number of nitrogens with zero attached hydrogens (tertiary/aromatic N) is 3. The molecule has 4 rings (SSSR count). The first kappa shape index (κ1) is 20.5. The Bertz CT molecular complexity index is 1040. The van der Waals surface area contributed by atoms with Gasteiger partial charge in [-0.05, 0) is 68.5 Å².